The molecule has 0 atom stereocenters. The molecule has 0 nitrogen and oxygen atoms in total. The molecule has 0 spiro atoms. The normalized spacial score (nSPS) is 0. The van der Waals surface area contributed by atoms with Crippen molar-refractivity contribution in [1.82, 2.24) is 0 Å². The first-order valence-corrected chi connectivity index (χ1v) is 0. The summed E-state index contributed by atoms with van der Waals surface area (Å²) in [5.74, 6) is 0. The van der Waals surface area contributed by atoms with E-state index in [2.05, 4.69) is 0 Å². The van der Waals surface area contributed by atoms with Crippen molar-refractivity contribution in [3.63, 3.8) is 0 Å². The third-order valence-corrected chi connectivity index (χ3v) is 0. The van der Waals surface area contributed by atoms with E-state index >= 15 is 0 Å². The van der Waals surface area contributed by atoms with Crippen LogP contribution in [0.15, 0.2) is 0 Å². The van der Waals surface area contributed by atoms with Crippen LogP contribution < -0.4 is 0 Å². The zero-order chi connectivity index (χ0) is 0. The minimum absolute atomic E-state index is 0. The smallest absolute Gasteiger partial charge is 0 e. The molecule has 0 heterocycles. The summed E-state index contributed by atoms with van der Waals surface area (Å²) in [4.78, 5) is 0. The van der Waals surface area contributed by atoms with E-state index in [4.69, 9.17) is 0 Å². The van der Waals surface area contributed by atoms with Crippen LogP contribution in [0.25, 0.3) is 0 Å². The monoisotopic (exact) mass is 1680 g/mol. The van der Waals surface area contributed by atoms with E-state index in [1.165, 1.54) is 0 Å². The van der Waals surface area contributed by atoms with E-state index in [9.17, 15) is 0 Å². The largest absolute Gasteiger partial charge is 0 e. The van der Waals surface area contributed by atoms with Gasteiger partial charge in [0.25, 0.3) is 0 Å². The van der Waals surface area contributed by atoms with Gasteiger partial charge < -0.3 is 0 Å². The molecule has 0 rings (SSSR count). The summed E-state index contributed by atoms with van der Waals surface area (Å²) in [7, 11) is 0. The van der Waals surface area contributed by atoms with Crippen LogP contribution in [0.5, 0.6) is 0 Å². The number of hydrogen-bond donors (Lipinski definition) is 0. The SMILES string of the molecule is [B].[U].[U].[U].[U].[U].[U].[U]. The third-order valence-electron chi connectivity index (χ3n) is 0. The number of rotatable bonds is 0. The average molecular weight is 1680 g/mol. The van der Waals surface area contributed by atoms with Crippen molar-refractivity contribution < 1.29 is 218 Å². The Bertz CT molecular complexity index is 4.35. The van der Waals surface area contributed by atoms with Crippen molar-refractivity contribution in [2.75, 3.05) is 0 Å². The fraction of sp³-hybridized carbons (Fsp3) is 0. The van der Waals surface area contributed by atoms with Crippen LogP contribution in [0.1, 0.15) is 0 Å². The van der Waals surface area contributed by atoms with Gasteiger partial charge in [0.1, 0.15) is 0 Å². The first kappa shape index (κ1) is 58.2. The maximum absolute atomic E-state index is 0. The van der Waals surface area contributed by atoms with Crippen molar-refractivity contribution >= 4 is 8.41 Å². The Kier molecular flexibility index (Phi) is 343. The molecule has 0 aliphatic heterocycles. The summed E-state index contributed by atoms with van der Waals surface area (Å²) in [5.41, 5.74) is 0. The topological polar surface area (TPSA) is 0 Å². The van der Waals surface area contributed by atoms with Gasteiger partial charge in [-0.1, -0.05) is 0 Å². The Morgan fingerprint density at radius 3 is 0.250 bits per heavy atom. The van der Waals surface area contributed by atoms with Crippen molar-refractivity contribution in [2.45, 2.75) is 0 Å². The molecule has 0 fully saturated rings. The molecule has 0 saturated carbocycles. The first-order valence-electron chi connectivity index (χ1n) is 0. The molecule has 0 bridgehead atoms. The molecule has 0 aliphatic carbocycles. The summed E-state index contributed by atoms with van der Waals surface area (Å²) in [5, 5.41) is 0. The van der Waals surface area contributed by atoms with Gasteiger partial charge in [0.05, 0.1) is 0 Å². The van der Waals surface area contributed by atoms with Crippen LogP contribution in [-0.2, 0) is 0 Å². The standard InChI is InChI=1S/B.7U. The molecule has 0 aromatic heterocycles. The zero-order valence-corrected chi connectivity index (χ0v) is 33.2. The molecule has 0 unspecified atom stereocenters. The predicted molar refractivity (Wildman–Crippen MR) is 5.75 cm³/mol. The molecule has 0 saturated heterocycles. The Balaban J connectivity index is 0. The van der Waals surface area contributed by atoms with Crippen molar-refractivity contribution in [3.8, 4) is 0 Å². The minimum Gasteiger partial charge on any atom is 0 e. The van der Waals surface area contributed by atoms with Crippen LogP contribution in [0.4, 0.5) is 0 Å². The van der Waals surface area contributed by atoms with Gasteiger partial charge in [-0.25, -0.2) is 0 Å². The Morgan fingerprint density at radius 1 is 0.250 bits per heavy atom. The maximum atomic E-state index is 0. The van der Waals surface area contributed by atoms with Crippen LogP contribution in [0, 0.1) is 218 Å². The zero-order valence-electron chi connectivity index (χ0n) is 4.08. The molecular formula is BU7. The first-order chi connectivity index (χ1) is 0. The second-order valence-corrected chi connectivity index (χ2v) is 0. The summed E-state index contributed by atoms with van der Waals surface area (Å²) in [6, 6.07) is 0. The Hall–Kier alpha value is 7.43. The Labute approximate surface area is 219 Å². The molecule has 31 valence electrons. The third kappa shape index (κ3) is 37.6. The predicted octanol–water partition coefficient (Wildman–Crippen LogP) is -0.381. The Morgan fingerprint density at radius 2 is 0.250 bits per heavy atom. The quantitative estimate of drug-likeness (QED) is 0.291. The van der Waals surface area contributed by atoms with Gasteiger partial charge in [0.2, 0.25) is 0 Å². The van der Waals surface area contributed by atoms with Gasteiger partial charge in [-0.3, -0.25) is 0 Å². The van der Waals surface area contributed by atoms with Crippen molar-refractivity contribution in [1.29, 1.82) is 0 Å². The van der Waals surface area contributed by atoms with Gasteiger partial charge in [0.15, 0.2) is 0 Å². The maximum Gasteiger partial charge on any atom is 0 e. The molecule has 0 N–H and O–H groups in total. The molecule has 0 aliphatic rings. The second kappa shape index (κ2) is 47.1. The van der Waals surface area contributed by atoms with Gasteiger partial charge in [0, 0.05) is 226 Å². The van der Waals surface area contributed by atoms with E-state index < -0.39 is 0 Å². The van der Waals surface area contributed by atoms with E-state index in [1.54, 1.807) is 0 Å². The van der Waals surface area contributed by atoms with Gasteiger partial charge in [-0.15, -0.1) is 0 Å². The van der Waals surface area contributed by atoms with E-state index in [0.717, 1.165) is 0 Å². The van der Waals surface area contributed by atoms with E-state index in [1.807, 2.05) is 0 Å². The molecule has 8 heteroatoms. The van der Waals surface area contributed by atoms with Crippen LogP contribution in [0.3, 0.4) is 0 Å². The van der Waals surface area contributed by atoms with Crippen LogP contribution in [-0.4, -0.2) is 8.41 Å². The molecular weight excluding hydrogens is 1680 g/mol. The molecule has 3 radical (unpaired) electrons. The van der Waals surface area contributed by atoms with Crippen molar-refractivity contribution in [2.24, 2.45) is 0 Å². The fourth-order valence-corrected chi connectivity index (χ4v) is 0. The summed E-state index contributed by atoms with van der Waals surface area (Å²) in [6.07, 6.45) is 0. The summed E-state index contributed by atoms with van der Waals surface area (Å²) >= 11 is 0. The van der Waals surface area contributed by atoms with E-state index in [0.29, 0.717) is 0 Å². The second-order valence-electron chi connectivity index (χ2n) is 0. The summed E-state index contributed by atoms with van der Waals surface area (Å²) < 4.78 is 0. The number of hydrogen-bond acceptors (Lipinski definition) is 0. The molecule has 0 aromatic carbocycles. The molecule has 0 amide bonds. The van der Waals surface area contributed by atoms with Gasteiger partial charge >= 0.3 is 0 Å². The van der Waals surface area contributed by atoms with Crippen molar-refractivity contribution in [3.05, 3.63) is 0 Å². The minimum atomic E-state index is 0. The van der Waals surface area contributed by atoms with Crippen LogP contribution >= 0.6 is 0 Å². The fourth-order valence-electron chi connectivity index (χ4n) is 0. The average Bonchev–Trinajstić information content (AvgIpc) is 0. The molecule has 0 aromatic rings. The van der Waals surface area contributed by atoms with E-state index in [-0.39, 0.29) is 226 Å². The van der Waals surface area contributed by atoms with Crippen LogP contribution in [0.2, 0.25) is 0 Å². The summed E-state index contributed by atoms with van der Waals surface area (Å²) in [6.45, 7) is 0. The molecule has 8 heavy (non-hydrogen) atoms. The van der Waals surface area contributed by atoms with Gasteiger partial charge in [-0.05, 0) is 0 Å². The van der Waals surface area contributed by atoms with Gasteiger partial charge in [-0.2, -0.15) is 0 Å².